The number of rotatable bonds is 10. The van der Waals surface area contributed by atoms with Crippen molar-refractivity contribution < 1.29 is 23.6 Å². The molecule has 1 fully saturated rings. The summed E-state index contributed by atoms with van der Waals surface area (Å²) < 4.78 is 17.0. The molecule has 1 aromatic carbocycles. The fraction of sp³-hybridized carbons (Fsp3) is 0.619. The van der Waals surface area contributed by atoms with Crippen molar-refractivity contribution >= 4 is 42.0 Å². The number of nitrogens with one attached hydrogen (secondary N) is 2. The van der Waals surface area contributed by atoms with Crippen LogP contribution in [0.15, 0.2) is 18.2 Å². The van der Waals surface area contributed by atoms with Crippen molar-refractivity contribution in [3.05, 3.63) is 33.8 Å². The lowest BCUT2D eigenvalue weighted by Crippen LogP contribution is -2.46. The molecule has 0 saturated carbocycles. The number of methoxy groups -OCH3 is 1. The van der Waals surface area contributed by atoms with E-state index >= 15 is 0 Å². The summed E-state index contributed by atoms with van der Waals surface area (Å²) in [5, 5.41) is 6.59. The third-order valence-electron chi connectivity index (χ3n) is 4.94. The molecule has 2 N–H and O–H groups in total. The standard InChI is InChI=1S/C21H31BCl2N2O5/c1-14(2)10-15(22-30-8-6-25-7-9-31-22)11-20(27)19(13-29-3)26-21(28)17-12-16(23)4-5-18(17)24/h4-5,12,14-15,19,25H,6-11,13H2,1-3H3,(H,26,28)/t15-,19+/m1/s1. The normalized spacial score (nSPS) is 17.0. The molecule has 2 atom stereocenters. The van der Waals surface area contributed by atoms with Crippen molar-refractivity contribution in [1.82, 2.24) is 10.6 Å². The van der Waals surface area contributed by atoms with Gasteiger partial charge in [-0.2, -0.15) is 0 Å². The Kier molecular flexibility index (Phi) is 11.3. The molecule has 172 valence electrons. The van der Waals surface area contributed by atoms with Crippen LogP contribution in [0.2, 0.25) is 15.9 Å². The molecule has 1 amide bonds. The first-order valence-electron chi connectivity index (χ1n) is 10.5. The maximum absolute atomic E-state index is 13.2. The van der Waals surface area contributed by atoms with Crippen LogP contribution in [0.5, 0.6) is 0 Å². The average molecular weight is 473 g/mol. The van der Waals surface area contributed by atoms with E-state index in [-0.39, 0.29) is 35.2 Å². The SMILES string of the molecule is COC[C@H](NC(=O)c1cc(Cl)ccc1Cl)C(=O)C[C@@H](CC(C)C)B1OCCNCCO1. The summed E-state index contributed by atoms with van der Waals surface area (Å²) in [6, 6.07) is 3.79. The number of benzene rings is 1. The van der Waals surface area contributed by atoms with Crippen LogP contribution in [-0.4, -0.2) is 64.9 Å². The molecule has 1 saturated heterocycles. The van der Waals surface area contributed by atoms with E-state index in [0.29, 0.717) is 24.2 Å². The fourth-order valence-electron chi connectivity index (χ4n) is 3.53. The van der Waals surface area contributed by atoms with Crippen molar-refractivity contribution in [2.24, 2.45) is 5.92 Å². The van der Waals surface area contributed by atoms with E-state index in [1.54, 1.807) is 12.1 Å². The molecule has 0 bridgehead atoms. The summed E-state index contributed by atoms with van der Waals surface area (Å²) in [6.45, 7) is 6.75. The van der Waals surface area contributed by atoms with Gasteiger partial charge < -0.3 is 24.7 Å². The van der Waals surface area contributed by atoms with Gasteiger partial charge in [0.2, 0.25) is 0 Å². The van der Waals surface area contributed by atoms with E-state index < -0.39 is 19.1 Å². The molecule has 0 spiro atoms. The van der Waals surface area contributed by atoms with Gasteiger partial charge in [-0.25, -0.2) is 0 Å². The maximum atomic E-state index is 13.2. The molecular weight excluding hydrogens is 442 g/mol. The quantitative estimate of drug-likeness (QED) is 0.508. The Morgan fingerprint density at radius 1 is 1.23 bits per heavy atom. The van der Waals surface area contributed by atoms with E-state index in [1.807, 2.05) is 0 Å². The van der Waals surface area contributed by atoms with E-state index in [9.17, 15) is 9.59 Å². The summed E-state index contributed by atoms with van der Waals surface area (Å²) in [4.78, 5) is 25.9. The number of carbonyl (C=O) groups excluding carboxylic acids is 2. The highest BCUT2D eigenvalue weighted by molar-refractivity contribution is 6.47. The molecular formula is C21H31BCl2N2O5. The summed E-state index contributed by atoms with van der Waals surface area (Å²) in [7, 11) is 1.02. The van der Waals surface area contributed by atoms with Crippen LogP contribution in [0.3, 0.4) is 0 Å². The summed E-state index contributed by atoms with van der Waals surface area (Å²) in [5.74, 6) is -0.398. The second kappa shape index (κ2) is 13.4. The zero-order valence-corrected chi connectivity index (χ0v) is 19.8. The second-order valence-corrected chi connectivity index (χ2v) is 8.87. The predicted molar refractivity (Wildman–Crippen MR) is 123 cm³/mol. The number of carbonyl (C=O) groups is 2. The van der Waals surface area contributed by atoms with Gasteiger partial charge >= 0.3 is 7.12 Å². The van der Waals surface area contributed by atoms with Gasteiger partial charge in [-0.3, -0.25) is 9.59 Å². The highest BCUT2D eigenvalue weighted by Crippen LogP contribution is 2.28. The first kappa shape index (κ1) is 26.1. The van der Waals surface area contributed by atoms with Crippen LogP contribution < -0.4 is 10.6 Å². The monoisotopic (exact) mass is 472 g/mol. The van der Waals surface area contributed by atoms with E-state index in [0.717, 1.165) is 19.5 Å². The number of Topliss-reactive ketones (excluding diaryl/α,β-unsaturated/α-hetero) is 1. The van der Waals surface area contributed by atoms with Crippen LogP contribution in [0.25, 0.3) is 0 Å². The second-order valence-electron chi connectivity index (χ2n) is 8.03. The molecule has 31 heavy (non-hydrogen) atoms. The maximum Gasteiger partial charge on any atom is 0.460 e. The first-order chi connectivity index (χ1) is 14.8. The highest BCUT2D eigenvalue weighted by Gasteiger charge is 2.35. The van der Waals surface area contributed by atoms with Gasteiger partial charge in [-0.15, -0.1) is 0 Å². The Bertz CT molecular complexity index is 730. The lowest BCUT2D eigenvalue weighted by atomic mass is 9.65. The molecule has 2 rings (SSSR count). The highest BCUT2D eigenvalue weighted by atomic mass is 35.5. The minimum Gasteiger partial charge on any atom is -0.410 e. The van der Waals surface area contributed by atoms with Gasteiger partial charge in [0.1, 0.15) is 6.04 Å². The Morgan fingerprint density at radius 3 is 2.52 bits per heavy atom. The molecule has 0 aromatic heterocycles. The van der Waals surface area contributed by atoms with E-state index in [4.69, 9.17) is 37.2 Å². The third kappa shape index (κ3) is 8.71. The number of amides is 1. The minimum atomic E-state index is -0.822. The zero-order chi connectivity index (χ0) is 22.8. The molecule has 0 unspecified atom stereocenters. The van der Waals surface area contributed by atoms with Gasteiger partial charge in [0.25, 0.3) is 5.91 Å². The van der Waals surface area contributed by atoms with Gasteiger partial charge in [-0.1, -0.05) is 37.0 Å². The largest absolute Gasteiger partial charge is 0.460 e. The lowest BCUT2D eigenvalue weighted by molar-refractivity contribution is -0.122. The van der Waals surface area contributed by atoms with Crippen molar-refractivity contribution in [3.63, 3.8) is 0 Å². The topological polar surface area (TPSA) is 85.9 Å². The Labute approximate surface area is 194 Å². The number of hydrogen-bond acceptors (Lipinski definition) is 6. The smallest absolute Gasteiger partial charge is 0.410 e. The molecule has 1 aliphatic rings. The number of ether oxygens (including phenoxy) is 1. The fourth-order valence-corrected chi connectivity index (χ4v) is 3.90. The Hall–Kier alpha value is -1.16. The van der Waals surface area contributed by atoms with Crippen molar-refractivity contribution in [2.45, 2.75) is 38.5 Å². The molecule has 1 aromatic rings. The van der Waals surface area contributed by atoms with Crippen molar-refractivity contribution in [1.29, 1.82) is 0 Å². The first-order valence-corrected chi connectivity index (χ1v) is 11.3. The number of halogens is 2. The van der Waals surface area contributed by atoms with Gasteiger partial charge in [0.05, 0.1) is 17.2 Å². The molecule has 0 aliphatic carbocycles. The van der Waals surface area contributed by atoms with Crippen molar-refractivity contribution in [3.8, 4) is 0 Å². The van der Waals surface area contributed by atoms with Crippen LogP contribution in [0, 0.1) is 5.92 Å². The Balaban J connectivity index is 2.11. The minimum absolute atomic E-state index is 0.0491. The van der Waals surface area contributed by atoms with E-state index in [1.165, 1.54) is 13.2 Å². The summed E-state index contributed by atoms with van der Waals surface area (Å²) >= 11 is 12.1. The number of ketones is 1. The molecule has 10 heteroatoms. The van der Waals surface area contributed by atoms with Gasteiger partial charge in [0.15, 0.2) is 5.78 Å². The van der Waals surface area contributed by atoms with Gasteiger partial charge in [-0.05, 0) is 30.5 Å². The van der Waals surface area contributed by atoms with Crippen LogP contribution in [0.1, 0.15) is 37.0 Å². The third-order valence-corrected chi connectivity index (χ3v) is 5.51. The molecule has 7 nitrogen and oxygen atoms in total. The van der Waals surface area contributed by atoms with Crippen LogP contribution in [0.4, 0.5) is 0 Å². The van der Waals surface area contributed by atoms with Crippen LogP contribution >= 0.6 is 23.2 Å². The molecule has 1 aliphatic heterocycles. The summed E-state index contributed by atoms with van der Waals surface area (Å²) in [6.07, 6.45) is 0.964. The zero-order valence-electron chi connectivity index (χ0n) is 18.3. The lowest BCUT2D eigenvalue weighted by Gasteiger charge is -2.28. The van der Waals surface area contributed by atoms with Crippen molar-refractivity contribution in [2.75, 3.05) is 40.0 Å². The van der Waals surface area contributed by atoms with E-state index in [2.05, 4.69) is 24.5 Å². The number of hydrogen-bond donors (Lipinski definition) is 2. The Morgan fingerprint density at radius 2 is 1.90 bits per heavy atom. The molecule has 1 heterocycles. The van der Waals surface area contributed by atoms with Gasteiger partial charge in [0, 0.05) is 50.7 Å². The average Bonchev–Trinajstić information content (AvgIpc) is 2.68. The van der Waals surface area contributed by atoms with Crippen LogP contribution in [-0.2, 0) is 18.8 Å². The predicted octanol–water partition coefficient (Wildman–Crippen LogP) is 3.24. The molecule has 0 radical (unpaired) electrons. The summed E-state index contributed by atoms with van der Waals surface area (Å²) in [5.41, 5.74) is 0.209.